The van der Waals surface area contributed by atoms with E-state index in [1.807, 2.05) is 6.92 Å². The van der Waals surface area contributed by atoms with Crippen LogP contribution in [0.2, 0.25) is 5.02 Å². The zero-order chi connectivity index (χ0) is 16.2. The number of hydrogen-bond donors (Lipinski definition) is 0. The Morgan fingerprint density at radius 3 is 2.77 bits per heavy atom. The van der Waals surface area contributed by atoms with Crippen LogP contribution in [-0.4, -0.2) is 23.4 Å². The molecule has 1 aliphatic heterocycles. The lowest BCUT2D eigenvalue weighted by Gasteiger charge is -2.26. The van der Waals surface area contributed by atoms with Crippen molar-refractivity contribution in [2.24, 2.45) is 0 Å². The number of ether oxygens (including phenoxy) is 1. The summed E-state index contributed by atoms with van der Waals surface area (Å²) >= 11 is 9.49. The van der Waals surface area contributed by atoms with Gasteiger partial charge in [-0.15, -0.1) is 0 Å². The molecule has 2 aromatic rings. The predicted molar refractivity (Wildman–Crippen MR) is 85.9 cm³/mol. The number of aromatic nitrogens is 1. The van der Waals surface area contributed by atoms with E-state index in [1.165, 1.54) is 19.4 Å². The molecule has 1 aliphatic rings. The van der Waals surface area contributed by atoms with Gasteiger partial charge in [-0.1, -0.05) is 11.6 Å². The Morgan fingerprint density at radius 1 is 1.45 bits per heavy atom. The highest BCUT2D eigenvalue weighted by atomic mass is 79.9. The van der Waals surface area contributed by atoms with Gasteiger partial charge in [0.2, 0.25) is 5.43 Å². The first kappa shape index (κ1) is 15.2. The van der Waals surface area contributed by atoms with Crippen molar-refractivity contribution in [1.82, 2.24) is 4.57 Å². The third kappa shape index (κ3) is 2.01. The van der Waals surface area contributed by atoms with Gasteiger partial charge in [-0.3, -0.25) is 9.59 Å². The fourth-order valence-electron chi connectivity index (χ4n) is 2.79. The lowest BCUT2D eigenvalue weighted by Crippen LogP contribution is -2.27. The molecule has 3 rings (SSSR count). The first-order chi connectivity index (χ1) is 10.4. The molecule has 0 saturated carbocycles. The lowest BCUT2D eigenvalue weighted by molar-refractivity contribution is 0.0598. The Labute approximate surface area is 138 Å². The van der Waals surface area contributed by atoms with Crippen molar-refractivity contribution in [3.8, 4) is 0 Å². The Bertz CT molecular complexity index is 903. The van der Waals surface area contributed by atoms with Gasteiger partial charge in [0.25, 0.3) is 0 Å². The molecule has 5 nitrogen and oxygen atoms in total. The molecule has 0 spiro atoms. The average molecular weight is 385 g/mol. The zero-order valence-electron chi connectivity index (χ0n) is 11.8. The second kappa shape index (κ2) is 5.21. The SMILES string of the molecule is COC(=O)c1cn2c3c(c(Cl)c(Br)cc3c1=O)C(=O)CC2C. The number of ketones is 1. The summed E-state index contributed by atoms with van der Waals surface area (Å²) in [4.78, 5) is 36.7. The van der Waals surface area contributed by atoms with Crippen LogP contribution in [0, 0.1) is 0 Å². The van der Waals surface area contributed by atoms with E-state index < -0.39 is 11.4 Å². The normalized spacial score (nSPS) is 16.9. The van der Waals surface area contributed by atoms with Crippen LogP contribution in [0.1, 0.15) is 40.1 Å². The number of hydrogen-bond acceptors (Lipinski definition) is 4. The van der Waals surface area contributed by atoms with Crippen molar-refractivity contribution in [1.29, 1.82) is 0 Å². The number of esters is 1. The average Bonchev–Trinajstić information content (AvgIpc) is 2.48. The molecule has 114 valence electrons. The summed E-state index contributed by atoms with van der Waals surface area (Å²) in [5.74, 6) is -0.818. The zero-order valence-corrected chi connectivity index (χ0v) is 14.1. The van der Waals surface area contributed by atoms with E-state index in [0.29, 0.717) is 15.6 Å². The second-order valence-electron chi connectivity index (χ2n) is 5.19. The number of Topliss-reactive ketones (excluding diaryl/α,β-unsaturated/α-hetero) is 1. The van der Waals surface area contributed by atoms with Gasteiger partial charge in [0.05, 0.1) is 23.2 Å². The third-order valence-corrected chi connectivity index (χ3v) is 5.09. The van der Waals surface area contributed by atoms with Crippen LogP contribution in [0.15, 0.2) is 21.5 Å². The highest BCUT2D eigenvalue weighted by Crippen LogP contribution is 2.38. The summed E-state index contributed by atoms with van der Waals surface area (Å²) < 4.78 is 6.86. The quantitative estimate of drug-likeness (QED) is 0.707. The van der Waals surface area contributed by atoms with E-state index in [9.17, 15) is 14.4 Å². The van der Waals surface area contributed by atoms with E-state index in [4.69, 9.17) is 11.6 Å². The second-order valence-corrected chi connectivity index (χ2v) is 6.42. The lowest BCUT2D eigenvalue weighted by atomic mass is 9.95. The monoisotopic (exact) mass is 383 g/mol. The van der Waals surface area contributed by atoms with Gasteiger partial charge in [0, 0.05) is 28.5 Å². The first-order valence-electron chi connectivity index (χ1n) is 6.55. The van der Waals surface area contributed by atoms with Crippen LogP contribution in [-0.2, 0) is 4.74 Å². The minimum atomic E-state index is -0.702. The molecule has 22 heavy (non-hydrogen) atoms. The Balaban J connectivity index is 2.56. The summed E-state index contributed by atoms with van der Waals surface area (Å²) in [5, 5.41) is 0.553. The summed E-state index contributed by atoms with van der Waals surface area (Å²) in [6, 6.07) is 1.36. The fourth-order valence-corrected chi connectivity index (χ4v) is 3.47. The summed E-state index contributed by atoms with van der Waals surface area (Å²) in [7, 11) is 1.22. The first-order valence-corrected chi connectivity index (χ1v) is 7.72. The minimum Gasteiger partial charge on any atom is -0.465 e. The molecule has 1 aromatic carbocycles. The minimum absolute atomic E-state index is 0.0589. The molecule has 1 atom stereocenters. The number of rotatable bonds is 1. The molecular formula is C15H11BrClNO4. The van der Waals surface area contributed by atoms with E-state index in [1.54, 1.807) is 4.57 Å². The molecule has 2 heterocycles. The van der Waals surface area contributed by atoms with Gasteiger partial charge < -0.3 is 9.30 Å². The smallest absolute Gasteiger partial charge is 0.343 e. The number of nitrogens with zero attached hydrogens (tertiary/aromatic N) is 1. The van der Waals surface area contributed by atoms with Gasteiger partial charge in [0.15, 0.2) is 5.78 Å². The van der Waals surface area contributed by atoms with E-state index in [2.05, 4.69) is 20.7 Å². The van der Waals surface area contributed by atoms with Crippen LogP contribution in [0.4, 0.5) is 0 Å². The molecule has 0 radical (unpaired) electrons. The van der Waals surface area contributed by atoms with Crippen molar-refractivity contribution in [2.75, 3.05) is 7.11 Å². The van der Waals surface area contributed by atoms with Gasteiger partial charge >= 0.3 is 5.97 Å². The van der Waals surface area contributed by atoms with Gasteiger partial charge in [0.1, 0.15) is 5.56 Å². The number of pyridine rings is 1. The summed E-state index contributed by atoms with van der Waals surface area (Å²) in [6.45, 7) is 1.85. The Hall–Kier alpha value is -1.66. The number of carbonyl (C=O) groups excluding carboxylic acids is 2. The van der Waals surface area contributed by atoms with Crippen molar-refractivity contribution in [3.05, 3.63) is 43.1 Å². The van der Waals surface area contributed by atoms with Crippen LogP contribution < -0.4 is 5.43 Å². The van der Waals surface area contributed by atoms with Crippen molar-refractivity contribution in [2.45, 2.75) is 19.4 Å². The topological polar surface area (TPSA) is 65.4 Å². The number of carbonyl (C=O) groups is 2. The Morgan fingerprint density at radius 2 is 2.14 bits per heavy atom. The molecule has 7 heteroatoms. The predicted octanol–water partition coefficient (Wildman–Crippen LogP) is 3.35. The van der Waals surface area contributed by atoms with E-state index >= 15 is 0 Å². The van der Waals surface area contributed by atoms with E-state index in [0.717, 1.165) is 0 Å². The van der Waals surface area contributed by atoms with Crippen molar-refractivity contribution in [3.63, 3.8) is 0 Å². The molecule has 0 amide bonds. The molecule has 0 N–H and O–H groups in total. The van der Waals surface area contributed by atoms with Gasteiger partial charge in [-0.25, -0.2) is 4.79 Å². The molecule has 0 bridgehead atoms. The number of halogens is 2. The van der Waals surface area contributed by atoms with Gasteiger partial charge in [-0.05, 0) is 28.9 Å². The molecule has 1 unspecified atom stereocenters. The van der Waals surface area contributed by atoms with E-state index in [-0.39, 0.29) is 34.2 Å². The molecule has 1 aromatic heterocycles. The standard InChI is InChI=1S/C15H11BrClNO4/c1-6-3-10(19)11-12(17)9(16)4-7-13(11)18(6)5-8(14(7)20)15(21)22-2/h4-6H,3H2,1-2H3. The van der Waals surface area contributed by atoms with Crippen molar-refractivity contribution < 1.29 is 14.3 Å². The number of benzene rings is 1. The fraction of sp³-hybridized carbons (Fsp3) is 0.267. The Kier molecular flexibility index (Phi) is 3.61. The van der Waals surface area contributed by atoms with Crippen LogP contribution in [0.3, 0.4) is 0 Å². The summed E-state index contributed by atoms with van der Waals surface area (Å²) in [5.41, 5.74) is 0.252. The maximum absolute atomic E-state index is 12.6. The van der Waals surface area contributed by atoms with Crippen LogP contribution in [0.25, 0.3) is 10.9 Å². The van der Waals surface area contributed by atoms with Crippen molar-refractivity contribution >= 4 is 50.2 Å². The maximum atomic E-state index is 12.6. The molecule has 0 aliphatic carbocycles. The van der Waals surface area contributed by atoms with Gasteiger partial charge in [-0.2, -0.15) is 0 Å². The molecule has 0 fully saturated rings. The largest absolute Gasteiger partial charge is 0.465 e. The summed E-state index contributed by atoms with van der Waals surface area (Å²) in [6.07, 6.45) is 1.70. The highest BCUT2D eigenvalue weighted by molar-refractivity contribution is 9.10. The highest BCUT2D eigenvalue weighted by Gasteiger charge is 2.30. The van der Waals surface area contributed by atoms with Crippen LogP contribution >= 0.6 is 27.5 Å². The molecular weight excluding hydrogens is 374 g/mol. The third-order valence-electron chi connectivity index (χ3n) is 3.85. The molecule has 0 saturated heterocycles. The number of methoxy groups -OCH3 is 1. The van der Waals surface area contributed by atoms with Crippen LogP contribution in [0.5, 0.6) is 0 Å². The maximum Gasteiger partial charge on any atom is 0.343 e.